The summed E-state index contributed by atoms with van der Waals surface area (Å²) in [6, 6.07) is 0. The van der Waals surface area contributed by atoms with Crippen molar-refractivity contribution in [1.82, 2.24) is 19.6 Å². The number of hydrogen-bond donors (Lipinski definition) is 0. The summed E-state index contributed by atoms with van der Waals surface area (Å²) in [5.74, 6) is -1.03. The molecule has 0 aromatic carbocycles. The second kappa shape index (κ2) is 9.86. The van der Waals surface area contributed by atoms with E-state index in [1.807, 2.05) is 0 Å². The molecular weight excluding hydrogens is 364 g/mol. The Hall–Kier alpha value is -2.16. The highest BCUT2D eigenvalue weighted by atomic mass is 16.5. The van der Waals surface area contributed by atoms with Crippen molar-refractivity contribution in [3.63, 3.8) is 0 Å². The van der Waals surface area contributed by atoms with Gasteiger partial charge in [0.05, 0.1) is 19.8 Å². The molecule has 0 unspecified atom stereocenters. The van der Waals surface area contributed by atoms with E-state index < -0.39 is 11.8 Å². The van der Waals surface area contributed by atoms with Gasteiger partial charge in [0.25, 0.3) is 0 Å². The minimum atomic E-state index is -0.507. The monoisotopic (exact) mass is 394 g/mol. The highest BCUT2D eigenvalue weighted by Gasteiger charge is 2.32. The van der Waals surface area contributed by atoms with E-state index in [4.69, 9.17) is 4.74 Å². The van der Waals surface area contributed by atoms with Gasteiger partial charge < -0.3 is 24.3 Å². The highest BCUT2D eigenvalue weighted by Crippen LogP contribution is 2.13. The largest absolute Gasteiger partial charge is 0.378 e. The second-order valence-corrected chi connectivity index (χ2v) is 7.56. The van der Waals surface area contributed by atoms with Crippen molar-refractivity contribution in [2.45, 2.75) is 32.1 Å². The van der Waals surface area contributed by atoms with Crippen molar-refractivity contribution in [3.05, 3.63) is 0 Å². The number of rotatable bonds is 2. The molecule has 0 saturated carbocycles. The lowest BCUT2D eigenvalue weighted by Gasteiger charge is -2.36. The molecular formula is C19H30N4O5. The molecule has 3 fully saturated rings. The van der Waals surface area contributed by atoms with Gasteiger partial charge in [-0.25, -0.2) is 0 Å². The fourth-order valence-corrected chi connectivity index (χ4v) is 3.84. The van der Waals surface area contributed by atoms with Crippen molar-refractivity contribution in [3.8, 4) is 0 Å². The Kier molecular flexibility index (Phi) is 7.24. The molecule has 3 rings (SSSR count). The van der Waals surface area contributed by atoms with Crippen LogP contribution in [0.2, 0.25) is 0 Å². The number of likely N-dealkylation sites (tertiary alicyclic amines) is 1. The lowest BCUT2D eigenvalue weighted by atomic mass is 10.1. The summed E-state index contributed by atoms with van der Waals surface area (Å²) in [4.78, 5) is 56.0. The maximum Gasteiger partial charge on any atom is 0.312 e. The fraction of sp³-hybridized carbons (Fsp3) is 0.789. The maximum absolute atomic E-state index is 12.6. The number of carbonyl (C=O) groups is 4. The number of piperazine rings is 1. The van der Waals surface area contributed by atoms with Crippen LogP contribution in [-0.2, 0) is 23.9 Å². The maximum atomic E-state index is 12.6. The van der Waals surface area contributed by atoms with Gasteiger partial charge in [-0.2, -0.15) is 0 Å². The third kappa shape index (κ3) is 5.21. The van der Waals surface area contributed by atoms with Crippen LogP contribution in [0.15, 0.2) is 0 Å². The van der Waals surface area contributed by atoms with Crippen LogP contribution < -0.4 is 0 Å². The summed E-state index contributed by atoms with van der Waals surface area (Å²) in [7, 11) is 0. The number of ether oxygens (including phenoxy) is 1. The summed E-state index contributed by atoms with van der Waals surface area (Å²) in [6.07, 6.45) is 4.51. The Labute approximate surface area is 165 Å². The molecule has 0 aliphatic carbocycles. The predicted octanol–water partition coefficient (Wildman–Crippen LogP) is -0.691. The average molecular weight is 394 g/mol. The lowest BCUT2D eigenvalue weighted by molar-refractivity contribution is -0.156. The van der Waals surface area contributed by atoms with E-state index in [0.717, 1.165) is 25.7 Å². The third-order valence-corrected chi connectivity index (χ3v) is 5.65. The van der Waals surface area contributed by atoms with E-state index >= 15 is 0 Å². The molecule has 0 atom stereocenters. The van der Waals surface area contributed by atoms with Gasteiger partial charge in [0, 0.05) is 52.2 Å². The summed E-state index contributed by atoms with van der Waals surface area (Å²) in [5, 5.41) is 0. The van der Waals surface area contributed by atoms with Crippen LogP contribution in [0, 0.1) is 0 Å². The minimum absolute atomic E-state index is 0.0537. The van der Waals surface area contributed by atoms with Crippen molar-refractivity contribution in [2.75, 3.05) is 65.6 Å². The third-order valence-electron chi connectivity index (χ3n) is 5.65. The van der Waals surface area contributed by atoms with Crippen LogP contribution in [-0.4, -0.2) is 109 Å². The molecule has 9 heteroatoms. The molecule has 9 nitrogen and oxygen atoms in total. The van der Waals surface area contributed by atoms with Gasteiger partial charge >= 0.3 is 11.8 Å². The average Bonchev–Trinajstić information content (AvgIpc) is 2.73. The number of morpholine rings is 1. The second-order valence-electron chi connectivity index (χ2n) is 7.56. The molecule has 0 aromatic rings. The first-order chi connectivity index (χ1) is 13.6. The van der Waals surface area contributed by atoms with Gasteiger partial charge in [-0.15, -0.1) is 0 Å². The minimum Gasteiger partial charge on any atom is -0.378 e. The summed E-state index contributed by atoms with van der Waals surface area (Å²) in [6.45, 7) is 4.00. The molecule has 3 aliphatic rings. The van der Waals surface area contributed by atoms with E-state index in [-0.39, 0.29) is 18.4 Å². The highest BCUT2D eigenvalue weighted by molar-refractivity contribution is 6.34. The van der Waals surface area contributed by atoms with E-state index in [9.17, 15) is 19.2 Å². The zero-order chi connectivity index (χ0) is 19.9. The van der Waals surface area contributed by atoms with Crippen LogP contribution in [0.5, 0.6) is 0 Å². The first kappa shape index (κ1) is 20.6. The number of nitrogens with zero attached hydrogens (tertiary/aromatic N) is 4. The molecule has 3 aliphatic heterocycles. The van der Waals surface area contributed by atoms with Gasteiger partial charge in [0.2, 0.25) is 11.8 Å². The van der Waals surface area contributed by atoms with Gasteiger partial charge in [0.1, 0.15) is 0 Å². The normalized spacial score (nSPS) is 21.9. The van der Waals surface area contributed by atoms with Crippen molar-refractivity contribution >= 4 is 23.6 Å². The molecule has 3 heterocycles. The molecule has 3 saturated heterocycles. The first-order valence-electron chi connectivity index (χ1n) is 10.3. The van der Waals surface area contributed by atoms with E-state index in [1.54, 1.807) is 9.80 Å². The van der Waals surface area contributed by atoms with Crippen LogP contribution in [0.3, 0.4) is 0 Å². The Balaban J connectivity index is 1.46. The van der Waals surface area contributed by atoms with E-state index in [0.29, 0.717) is 65.4 Å². The fourth-order valence-electron chi connectivity index (χ4n) is 3.84. The van der Waals surface area contributed by atoms with E-state index in [1.165, 1.54) is 9.80 Å². The molecule has 0 radical (unpaired) electrons. The van der Waals surface area contributed by atoms with Gasteiger partial charge in [-0.3, -0.25) is 19.2 Å². The molecule has 0 N–H and O–H groups in total. The van der Waals surface area contributed by atoms with Crippen molar-refractivity contribution in [2.24, 2.45) is 0 Å². The van der Waals surface area contributed by atoms with Crippen molar-refractivity contribution in [1.29, 1.82) is 0 Å². The Morgan fingerprint density at radius 1 is 0.714 bits per heavy atom. The SMILES string of the molecule is O=C(CN1CCCCCCC1=O)N1CCN(C(=O)C(=O)N2CCOCC2)CC1. The molecule has 0 aromatic heterocycles. The quantitative estimate of drug-likeness (QED) is 0.578. The Morgan fingerprint density at radius 2 is 1.29 bits per heavy atom. The molecule has 156 valence electrons. The molecule has 0 bridgehead atoms. The molecule has 4 amide bonds. The smallest absolute Gasteiger partial charge is 0.312 e. The van der Waals surface area contributed by atoms with E-state index in [2.05, 4.69) is 0 Å². The lowest BCUT2D eigenvalue weighted by Crippen LogP contribution is -2.56. The topological polar surface area (TPSA) is 90.5 Å². The predicted molar refractivity (Wildman–Crippen MR) is 100 cm³/mol. The van der Waals surface area contributed by atoms with Crippen molar-refractivity contribution < 1.29 is 23.9 Å². The number of carbonyl (C=O) groups excluding carboxylic acids is 4. The summed E-state index contributed by atoms with van der Waals surface area (Å²) >= 11 is 0. The number of amides is 4. The number of hydrogen-bond acceptors (Lipinski definition) is 5. The first-order valence-corrected chi connectivity index (χ1v) is 10.3. The summed E-state index contributed by atoms with van der Waals surface area (Å²) in [5.41, 5.74) is 0. The standard InChI is InChI=1S/C19H30N4O5/c24-16-5-3-1-2-4-6-23(16)15-17(25)20-7-9-21(10-8-20)18(26)19(27)22-11-13-28-14-12-22/h1-15H2. The van der Waals surface area contributed by atoms with Crippen LogP contribution in [0.4, 0.5) is 0 Å². The zero-order valence-electron chi connectivity index (χ0n) is 16.4. The van der Waals surface area contributed by atoms with Crippen LogP contribution >= 0.6 is 0 Å². The molecule has 28 heavy (non-hydrogen) atoms. The zero-order valence-corrected chi connectivity index (χ0v) is 16.4. The van der Waals surface area contributed by atoms with Crippen LogP contribution in [0.1, 0.15) is 32.1 Å². The van der Waals surface area contributed by atoms with Crippen LogP contribution in [0.25, 0.3) is 0 Å². The Morgan fingerprint density at radius 3 is 1.96 bits per heavy atom. The summed E-state index contributed by atoms with van der Waals surface area (Å²) < 4.78 is 5.21. The van der Waals surface area contributed by atoms with Gasteiger partial charge in [-0.1, -0.05) is 12.8 Å². The van der Waals surface area contributed by atoms with Gasteiger partial charge in [0.15, 0.2) is 0 Å². The van der Waals surface area contributed by atoms with Gasteiger partial charge in [-0.05, 0) is 12.8 Å². The molecule has 0 spiro atoms. The Bertz CT molecular complexity index is 597.